The molecule has 1 aliphatic heterocycles. The van der Waals surface area contributed by atoms with Crippen LogP contribution in [0.1, 0.15) is 90.9 Å². The van der Waals surface area contributed by atoms with Gasteiger partial charge < -0.3 is 9.47 Å². The zero-order valence-corrected chi connectivity index (χ0v) is 16.2. The minimum atomic E-state index is 0.111. The monoisotopic (exact) mass is 336 g/mol. The highest BCUT2D eigenvalue weighted by atomic mass is 16.7. The van der Waals surface area contributed by atoms with E-state index in [-0.39, 0.29) is 6.29 Å². The van der Waals surface area contributed by atoms with E-state index < -0.39 is 0 Å². The highest BCUT2D eigenvalue weighted by molar-refractivity contribution is 4.81. The lowest BCUT2D eigenvalue weighted by atomic mass is 9.74. The summed E-state index contributed by atoms with van der Waals surface area (Å²) in [6.07, 6.45) is 16.8. The van der Waals surface area contributed by atoms with Crippen molar-refractivity contribution < 1.29 is 9.47 Å². The molecule has 0 aromatic carbocycles. The molecule has 1 heterocycles. The highest BCUT2D eigenvalue weighted by Gasteiger charge is 2.35. The van der Waals surface area contributed by atoms with Crippen molar-refractivity contribution in [3.63, 3.8) is 0 Å². The van der Waals surface area contributed by atoms with E-state index in [4.69, 9.17) is 9.47 Å². The summed E-state index contributed by atoms with van der Waals surface area (Å²) in [6, 6.07) is 0. The quantitative estimate of drug-likeness (QED) is 0.576. The zero-order valence-electron chi connectivity index (χ0n) is 16.2. The molecule has 24 heavy (non-hydrogen) atoms. The number of ether oxygens (including phenoxy) is 2. The molecule has 0 aromatic rings. The predicted octanol–water partition coefficient (Wildman–Crippen LogP) is 6.19. The average molecular weight is 337 g/mol. The molecule has 0 spiro atoms. The smallest absolute Gasteiger partial charge is 0.160 e. The van der Waals surface area contributed by atoms with Crippen LogP contribution in [0, 0.1) is 29.6 Å². The van der Waals surface area contributed by atoms with Crippen molar-refractivity contribution in [2.45, 2.75) is 97.2 Å². The molecule has 0 atom stereocenters. The van der Waals surface area contributed by atoms with Crippen molar-refractivity contribution in [1.82, 2.24) is 0 Å². The Hall–Kier alpha value is -0.0800. The Morgan fingerprint density at radius 1 is 0.583 bits per heavy atom. The first-order valence-electron chi connectivity index (χ1n) is 11.0. The topological polar surface area (TPSA) is 18.5 Å². The van der Waals surface area contributed by atoms with Crippen LogP contribution in [0.5, 0.6) is 0 Å². The van der Waals surface area contributed by atoms with Gasteiger partial charge in [0, 0.05) is 11.8 Å². The Morgan fingerprint density at radius 3 is 1.50 bits per heavy atom. The Kier molecular flexibility index (Phi) is 7.46. The average Bonchev–Trinajstić information content (AvgIpc) is 2.64. The molecule has 2 heteroatoms. The van der Waals surface area contributed by atoms with Gasteiger partial charge in [0.2, 0.25) is 0 Å². The molecule has 0 aromatic heterocycles. The van der Waals surface area contributed by atoms with Crippen molar-refractivity contribution in [3.8, 4) is 0 Å². The summed E-state index contributed by atoms with van der Waals surface area (Å²) in [5.74, 6) is 4.17. The fraction of sp³-hybridized carbons (Fsp3) is 1.00. The fourth-order valence-electron chi connectivity index (χ4n) is 5.59. The Balaban J connectivity index is 1.36. The summed E-state index contributed by atoms with van der Waals surface area (Å²) in [7, 11) is 0. The largest absolute Gasteiger partial charge is 0.352 e. The van der Waals surface area contributed by atoms with Crippen LogP contribution in [0.4, 0.5) is 0 Å². The van der Waals surface area contributed by atoms with Crippen molar-refractivity contribution in [2.24, 2.45) is 29.6 Å². The lowest BCUT2D eigenvalue weighted by Gasteiger charge is -2.41. The Bertz CT molecular complexity index is 298. The highest BCUT2D eigenvalue weighted by Crippen LogP contribution is 2.39. The molecule has 2 nitrogen and oxygen atoms in total. The van der Waals surface area contributed by atoms with E-state index in [0.717, 1.165) is 31.0 Å². The molecular weight excluding hydrogens is 296 g/mol. The minimum Gasteiger partial charge on any atom is -0.352 e. The second-order valence-electron chi connectivity index (χ2n) is 8.93. The summed E-state index contributed by atoms with van der Waals surface area (Å²) >= 11 is 0. The zero-order chi connectivity index (χ0) is 16.8. The first-order chi connectivity index (χ1) is 11.8. The van der Waals surface area contributed by atoms with Crippen LogP contribution in [0.3, 0.4) is 0 Å². The molecular formula is C22H40O2. The maximum absolute atomic E-state index is 6.23. The van der Waals surface area contributed by atoms with Crippen molar-refractivity contribution in [3.05, 3.63) is 0 Å². The Morgan fingerprint density at radius 2 is 1.04 bits per heavy atom. The third kappa shape index (κ3) is 4.97. The summed E-state index contributed by atoms with van der Waals surface area (Å²) in [4.78, 5) is 0. The lowest BCUT2D eigenvalue weighted by Crippen LogP contribution is -2.41. The molecule has 3 aliphatic rings. The van der Waals surface area contributed by atoms with Gasteiger partial charge in [0.1, 0.15) is 0 Å². The fourth-order valence-corrected chi connectivity index (χ4v) is 5.59. The minimum absolute atomic E-state index is 0.111. The van der Waals surface area contributed by atoms with E-state index in [1.54, 1.807) is 0 Å². The van der Waals surface area contributed by atoms with Crippen LogP contribution in [-0.4, -0.2) is 19.5 Å². The van der Waals surface area contributed by atoms with Gasteiger partial charge in [-0.25, -0.2) is 0 Å². The van der Waals surface area contributed by atoms with Gasteiger partial charge in [-0.15, -0.1) is 0 Å². The van der Waals surface area contributed by atoms with Crippen molar-refractivity contribution in [1.29, 1.82) is 0 Å². The van der Waals surface area contributed by atoms with Crippen LogP contribution in [0.25, 0.3) is 0 Å². The molecule has 3 rings (SSSR count). The SMILES string of the molecule is CCCC1CCC(C2COC(C3CCC(CCC)CC3)OC2)CC1. The second kappa shape index (κ2) is 9.57. The van der Waals surface area contributed by atoms with Crippen molar-refractivity contribution >= 4 is 0 Å². The van der Waals surface area contributed by atoms with Gasteiger partial charge in [-0.05, 0) is 56.3 Å². The summed E-state index contributed by atoms with van der Waals surface area (Å²) in [5.41, 5.74) is 0. The van der Waals surface area contributed by atoms with E-state index in [0.29, 0.717) is 11.8 Å². The molecule has 0 bridgehead atoms. The molecule has 140 valence electrons. The summed E-state index contributed by atoms with van der Waals surface area (Å²) < 4.78 is 12.5. The third-order valence-corrected chi connectivity index (χ3v) is 7.18. The van der Waals surface area contributed by atoms with Gasteiger partial charge in [0.05, 0.1) is 13.2 Å². The molecule has 1 saturated heterocycles. The maximum atomic E-state index is 6.23. The van der Waals surface area contributed by atoms with Crippen LogP contribution < -0.4 is 0 Å². The van der Waals surface area contributed by atoms with Gasteiger partial charge in [-0.3, -0.25) is 0 Å². The van der Waals surface area contributed by atoms with E-state index in [9.17, 15) is 0 Å². The van der Waals surface area contributed by atoms with Gasteiger partial charge in [-0.2, -0.15) is 0 Å². The van der Waals surface area contributed by atoms with Crippen molar-refractivity contribution in [2.75, 3.05) is 13.2 Å². The molecule has 0 N–H and O–H groups in total. The van der Waals surface area contributed by atoms with Crippen LogP contribution in [0.2, 0.25) is 0 Å². The van der Waals surface area contributed by atoms with Gasteiger partial charge >= 0.3 is 0 Å². The molecule has 2 aliphatic carbocycles. The van der Waals surface area contributed by atoms with E-state index in [2.05, 4.69) is 13.8 Å². The molecule has 0 radical (unpaired) electrons. The van der Waals surface area contributed by atoms with Gasteiger partial charge in [0.25, 0.3) is 0 Å². The van der Waals surface area contributed by atoms with Crippen LogP contribution in [0.15, 0.2) is 0 Å². The first kappa shape index (κ1) is 18.7. The summed E-state index contributed by atoms with van der Waals surface area (Å²) in [6.45, 7) is 6.56. The number of hydrogen-bond donors (Lipinski definition) is 0. The normalized spacial score (nSPS) is 41.2. The lowest BCUT2D eigenvalue weighted by molar-refractivity contribution is -0.237. The number of rotatable bonds is 6. The maximum Gasteiger partial charge on any atom is 0.160 e. The Labute approximate surface area is 150 Å². The van der Waals surface area contributed by atoms with E-state index >= 15 is 0 Å². The predicted molar refractivity (Wildman–Crippen MR) is 99.9 cm³/mol. The van der Waals surface area contributed by atoms with Crippen LogP contribution in [-0.2, 0) is 9.47 Å². The van der Waals surface area contributed by atoms with Gasteiger partial charge in [0.15, 0.2) is 6.29 Å². The molecule has 0 unspecified atom stereocenters. The van der Waals surface area contributed by atoms with Gasteiger partial charge in [-0.1, -0.05) is 52.4 Å². The van der Waals surface area contributed by atoms with E-state index in [1.165, 1.54) is 77.0 Å². The molecule has 2 saturated carbocycles. The summed E-state index contributed by atoms with van der Waals surface area (Å²) in [5, 5.41) is 0. The third-order valence-electron chi connectivity index (χ3n) is 7.18. The first-order valence-corrected chi connectivity index (χ1v) is 11.0. The second-order valence-corrected chi connectivity index (χ2v) is 8.93. The molecule has 0 amide bonds. The molecule has 3 fully saturated rings. The van der Waals surface area contributed by atoms with E-state index in [1.807, 2.05) is 0 Å². The number of hydrogen-bond acceptors (Lipinski definition) is 2. The van der Waals surface area contributed by atoms with Crippen LogP contribution >= 0.6 is 0 Å². The standard InChI is InChI=1S/C22H40O2/c1-3-5-17-7-11-19(12-8-17)21-15-23-22(24-16-21)20-13-9-18(6-4-2)10-14-20/h17-22H,3-16H2,1-2H3.